The summed E-state index contributed by atoms with van der Waals surface area (Å²) in [5.41, 5.74) is 1.55. The van der Waals surface area contributed by atoms with Gasteiger partial charge < -0.3 is 20.5 Å². The number of carbonyl (C=O) groups is 4. The number of ether oxygens (including phenoxy) is 1. The predicted molar refractivity (Wildman–Crippen MR) is 202 cm³/mol. The van der Waals surface area contributed by atoms with Crippen molar-refractivity contribution in [1.29, 1.82) is 0 Å². The van der Waals surface area contributed by atoms with Crippen LogP contribution in [0.25, 0.3) is 0 Å². The summed E-state index contributed by atoms with van der Waals surface area (Å²) in [6.07, 6.45) is 7.42. The number of hydrogen-bond donors (Lipinski definition) is 3. The summed E-state index contributed by atoms with van der Waals surface area (Å²) >= 11 is 0. The van der Waals surface area contributed by atoms with E-state index in [1.165, 1.54) is 11.1 Å². The second kappa shape index (κ2) is 13.0. The minimum absolute atomic E-state index is 0.00729. The Labute approximate surface area is 311 Å². The lowest BCUT2D eigenvalue weighted by atomic mass is 9.34. The molecule has 0 saturated heterocycles. The fraction of sp³-hybridized carbons (Fsp3) is 0.727. The number of rotatable bonds is 8. The van der Waals surface area contributed by atoms with E-state index in [-0.39, 0.29) is 63.9 Å². The summed E-state index contributed by atoms with van der Waals surface area (Å²) in [6.45, 7) is 21.5. The van der Waals surface area contributed by atoms with E-state index in [0.717, 1.165) is 56.9 Å². The van der Waals surface area contributed by atoms with Crippen LogP contribution in [0.15, 0.2) is 41.5 Å². The maximum absolute atomic E-state index is 14.0. The average Bonchev–Trinajstić information content (AvgIpc) is 3.34. The van der Waals surface area contributed by atoms with Gasteiger partial charge in [-0.05, 0) is 117 Å². The fourth-order valence-electron chi connectivity index (χ4n) is 12.7. The molecule has 4 fully saturated rings. The van der Waals surface area contributed by atoms with E-state index in [9.17, 15) is 24.3 Å². The Kier molecular flexibility index (Phi) is 9.64. The maximum atomic E-state index is 14.0. The van der Waals surface area contributed by atoms with Crippen LogP contribution in [0.1, 0.15) is 145 Å². The summed E-state index contributed by atoms with van der Waals surface area (Å²) in [7, 11) is 0. The predicted octanol–water partition coefficient (Wildman–Crippen LogP) is 9.19. The molecule has 1 aromatic carbocycles. The van der Waals surface area contributed by atoms with Crippen molar-refractivity contribution in [2.24, 2.45) is 50.7 Å². The van der Waals surface area contributed by atoms with Gasteiger partial charge in [0.15, 0.2) is 0 Å². The molecule has 1 aromatic rings. The molecule has 0 aliphatic heterocycles. The van der Waals surface area contributed by atoms with Gasteiger partial charge in [-0.25, -0.2) is 4.79 Å². The van der Waals surface area contributed by atoms with Crippen molar-refractivity contribution in [3.8, 4) is 0 Å². The average molecular weight is 717 g/mol. The molecule has 5 aliphatic rings. The number of Topliss-reactive ketones (excluding diaryl/α,β-unsaturated/α-hetero) is 1. The van der Waals surface area contributed by atoms with Gasteiger partial charge in [0.2, 0.25) is 0 Å². The van der Waals surface area contributed by atoms with Gasteiger partial charge in [-0.15, -0.1) is 0 Å². The van der Waals surface area contributed by atoms with Crippen LogP contribution in [0.2, 0.25) is 0 Å². The molecule has 286 valence electrons. The molecule has 8 heteroatoms. The van der Waals surface area contributed by atoms with Gasteiger partial charge in [-0.2, -0.15) is 0 Å². The molecule has 0 heterocycles. The SMILES string of the molecule is CC(C)C1C(=O)C[C@]2(NC(=O)N[C@@H](C)c3ccccc3)CC[C@]3(C)C(=C12)CCC1[C@@]2(C)CC[C@H](OC(=O)CC(C)(C)C(=O)O)C(C)(C)C2CC[C@]13C. The van der Waals surface area contributed by atoms with Crippen molar-refractivity contribution in [3.05, 3.63) is 47.0 Å². The first kappa shape index (κ1) is 38.6. The highest BCUT2D eigenvalue weighted by Gasteiger charge is 2.69. The Balaban J connectivity index is 1.29. The van der Waals surface area contributed by atoms with Crippen LogP contribution < -0.4 is 10.6 Å². The van der Waals surface area contributed by atoms with Crippen LogP contribution >= 0.6 is 0 Å². The highest BCUT2D eigenvalue weighted by atomic mass is 16.5. The molecule has 52 heavy (non-hydrogen) atoms. The Morgan fingerprint density at radius 1 is 0.923 bits per heavy atom. The van der Waals surface area contributed by atoms with E-state index < -0.39 is 22.9 Å². The highest BCUT2D eigenvalue weighted by molar-refractivity contribution is 5.92. The standard InChI is InChI=1S/C44H64N2O6/c1-26(2)35-30(47)24-44(46-38(51)45-27(3)28-14-12-11-13-15-28)23-22-42(9)29(36(35)44)16-17-32-41(8)20-19-33(52-34(48)25-39(4,5)37(49)50)40(6,7)31(41)18-21-43(32,42)10/h11-15,26-27,31-33,35H,16-25H2,1-10H3,(H,49,50)(H2,45,46,51)/t27-,31?,32?,33-,35?,41-,42+,43+,44+/m0/s1. The molecular weight excluding hydrogens is 652 g/mol. The first-order chi connectivity index (χ1) is 24.1. The normalized spacial score (nSPS) is 37.2. The number of urea groups is 1. The van der Waals surface area contributed by atoms with Crippen LogP contribution in [-0.4, -0.2) is 40.5 Å². The maximum Gasteiger partial charge on any atom is 0.315 e. The zero-order valence-electron chi connectivity index (χ0n) is 33.4. The summed E-state index contributed by atoms with van der Waals surface area (Å²) in [5, 5.41) is 16.2. The molecule has 0 bridgehead atoms. The number of esters is 1. The molecule has 0 radical (unpaired) electrons. The number of fused-ring (bicyclic) bond motifs is 6. The quantitative estimate of drug-likeness (QED) is 0.182. The second-order valence-corrected chi connectivity index (χ2v) is 19.7. The van der Waals surface area contributed by atoms with Crippen molar-refractivity contribution >= 4 is 23.8 Å². The Hall–Kier alpha value is -3.16. The number of benzene rings is 1. The third kappa shape index (κ3) is 5.93. The minimum atomic E-state index is -1.17. The number of allylic oxidation sites excluding steroid dienone is 1. The Morgan fingerprint density at radius 2 is 1.60 bits per heavy atom. The summed E-state index contributed by atoms with van der Waals surface area (Å²) < 4.78 is 6.16. The number of aliphatic carboxylic acids is 1. The van der Waals surface area contributed by atoms with Gasteiger partial charge in [0, 0.05) is 17.8 Å². The van der Waals surface area contributed by atoms with Crippen LogP contribution in [0.4, 0.5) is 4.79 Å². The van der Waals surface area contributed by atoms with E-state index in [1.807, 2.05) is 37.3 Å². The molecular formula is C44H64N2O6. The number of carboxylic acids is 1. The van der Waals surface area contributed by atoms with E-state index in [0.29, 0.717) is 18.3 Å². The molecule has 4 saturated carbocycles. The number of nitrogens with one attached hydrogen (secondary N) is 2. The number of carbonyl (C=O) groups excluding carboxylic acids is 3. The fourth-order valence-corrected chi connectivity index (χ4v) is 12.7. The smallest absolute Gasteiger partial charge is 0.315 e. The first-order valence-corrected chi connectivity index (χ1v) is 20.0. The summed E-state index contributed by atoms with van der Waals surface area (Å²) in [5.74, 6) is -0.405. The van der Waals surface area contributed by atoms with Crippen molar-refractivity contribution in [3.63, 3.8) is 0 Å². The van der Waals surface area contributed by atoms with Crippen LogP contribution in [0.3, 0.4) is 0 Å². The largest absolute Gasteiger partial charge is 0.481 e. The van der Waals surface area contributed by atoms with Crippen molar-refractivity contribution in [2.75, 3.05) is 0 Å². The number of ketones is 1. The van der Waals surface area contributed by atoms with Crippen molar-refractivity contribution < 1.29 is 29.0 Å². The van der Waals surface area contributed by atoms with Gasteiger partial charge in [0.25, 0.3) is 0 Å². The van der Waals surface area contributed by atoms with Gasteiger partial charge in [0.1, 0.15) is 11.9 Å². The highest BCUT2D eigenvalue weighted by Crippen LogP contribution is 2.75. The van der Waals surface area contributed by atoms with Crippen molar-refractivity contribution in [1.82, 2.24) is 10.6 Å². The lowest BCUT2D eigenvalue weighted by molar-refractivity contribution is -0.214. The van der Waals surface area contributed by atoms with Gasteiger partial charge >= 0.3 is 18.0 Å². The third-order valence-corrected chi connectivity index (χ3v) is 15.7. The van der Waals surface area contributed by atoms with Crippen LogP contribution in [0.5, 0.6) is 0 Å². The molecule has 3 unspecified atom stereocenters. The zero-order chi connectivity index (χ0) is 38.2. The molecule has 8 nitrogen and oxygen atoms in total. The molecule has 2 amide bonds. The van der Waals surface area contributed by atoms with Gasteiger partial charge in [-0.3, -0.25) is 14.4 Å². The van der Waals surface area contributed by atoms with Gasteiger partial charge in [-0.1, -0.05) is 84.4 Å². The number of hydrogen-bond acceptors (Lipinski definition) is 5. The number of carboxylic acid groups (broad SMARTS) is 1. The Bertz CT molecular complexity index is 1650. The topological polar surface area (TPSA) is 122 Å². The van der Waals surface area contributed by atoms with Crippen molar-refractivity contribution in [2.45, 2.75) is 151 Å². The third-order valence-electron chi connectivity index (χ3n) is 15.7. The molecule has 0 spiro atoms. The van der Waals surface area contributed by atoms with Crippen LogP contribution in [0, 0.1) is 50.7 Å². The minimum Gasteiger partial charge on any atom is -0.481 e. The van der Waals surface area contributed by atoms with Gasteiger partial charge in [0.05, 0.1) is 23.4 Å². The molecule has 0 aromatic heterocycles. The summed E-state index contributed by atoms with van der Waals surface area (Å²) in [6, 6.07) is 9.61. The van der Waals surface area contributed by atoms with E-state index in [2.05, 4.69) is 59.1 Å². The van der Waals surface area contributed by atoms with E-state index >= 15 is 0 Å². The summed E-state index contributed by atoms with van der Waals surface area (Å²) in [4.78, 5) is 52.6. The molecule has 3 N–H and O–H groups in total. The molecule has 9 atom stereocenters. The molecule has 5 aliphatic carbocycles. The molecule has 6 rings (SSSR count). The lowest BCUT2D eigenvalue weighted by Gasteiger charge is -2.70. The second-order valence-electron chi connectivity index (χ2n) is 19.7. The zero-order valence-corrected chi connectivity index (χ0v) is 33.4. The lowest BCUT2D eigenvalue weighted by Crippen LogP contribution is -2.65. The van der Waals surface area contributed by atoms with Crippen LogP contribution in [-0.2, 0) is 19.1 Å². The monoisotopic (exact) mass is 716 g/mol. The van der Waals surface area contributed by atoms with E-state index in [1.54, 1.807) is 13.8 Å². The first-order valence-electron chi connectivity index (χ1n) is 20.0. The number of amides is 2. The van der Waals surface area contributed by atoms with E-state index in [4.69, 9.17) is 4.74 Å². The Morgan fingerprint density at radius 3 is 2.23 bits per heavy atom.